The topological polar surface area (TPSA) is 59.4 Å². The van der Waals surface area contributed by atoms with Crippen LogP contribution in [0.3, 0.4) is 0 Å². The molecule has 8 heteroatoms. The van der Waals surface area contributed by atoms with Gasteiger partial charge in [0.25, 0.3) is 5.91 Å². The lowest BCUT2D eigenvalue weighted by atomic mass is 10.2. The second-order valence-electron chi connectivity index (χ2n) is 7.12. The van der Waals surface area contributed by atoms with Crippen molar-refractivity contribution in [2.24, 2.45) is 0 Å². The van der Waals surface area contributed by atoms with Crippen molar-refractivity contribution in [2.45, 2.75) is 13.3 Å². The van der Waals surface area contributed by atoms with Crippen molar-refractivity contribution in [3.63, 3.8) is 0 Å². The Bertz CT molecular complexity index is 1000. The third-order valence-electron chi connectivity index (χ3n) is 4.43. The molecule has 0 saturated carbocycles. The number of anilines is 1. The van der Waals surface area contributed by atoms with Crippen molar-refractivity contribution in [1.82, 2.24) is 14.7 Å². The molecule has 3 aromatic rings. The highest BCUT2D eigenvalue weighted by Crippen LogP contribution is 2.25. The molecule has 0 radical (unpaired) electrons. The van der Waals surface area contributed by atoms with Crippen LogP contribution in [0, 0.1) is 12.7 Å². The Balaban J connectivity index is 1.67. The van der Waals surface area contributed by atoms with E-state index in [1.165, 1.54) is 16.8 Å². The van der Waals surface area contributed by atoms with Gasteiger partial charge in [-0.1, -0.05) is 11.6 Å². The number of nitrogens with zero attached hydrogens (tertiary/aromatic N) is 3. The van der Waals surface area contributed by atoms with Gasteiger partial charge < -0.3 is 15.0 Å². The van der Waals surface area contributed by atoms with Gasteiger partial charge >= 0.3 is 0 Å². The number of halogens is 2. The molecule has 0 atom stereocenters. The van der Waals surface area contributed by atoms with Crippen molar-refractivity contribution >= 4 is 23.2 Å². The van der Waals surface area contributed by atoms with Crippen LogP contribution in [0.25, 0.3) is 5.69 Å². The Morgan fingerprint density at radius 3 is 2.47 bits per heavy atom. The van der Waals surface area contributed by atoms with E-state index in [-0.39, 0.29) is 22.4 Å². The zero-order chi connectivity index (χ0) is 21.7. The van der Waals surface area contributed by atoms with Gasteiger partial charge in [0.2, 0.25) is 0 Å². The zero-order valence-corrected chi connectivity index (χ0v) is 17.9. The van der Waals surface area contributed by atoms with Crippen molar-refractivity contribution in [2.75, 3.05) is 32.6 Å². The van der Waals surface area contributed by atoms with Gasteiger partial charge in [0.05, 0.1) is 18.0 Å². The van der Waals surface area contributed by atoms with Gasteiger partial charge in [-0.15, -0.1) is 0 Å². The predicted octanol–water partition coefficient (Wildman–Crippen LogP) is 4.56. The Kier molecular flexibility index (Phi) is 7.07. The van der Waals surface area contributed by atoms with Crippen molar-refractivity contribution in [1.29, 1.82) is 0 Å². The van der Waals surface area contributed by atoms with Crippen molar-refractivity contribution in [3.05, 3.63) is 70.8 Å². The zero-order valence-electron chi connectivity index (χ0n) is 17.2. The van der Waals surface area contributed by atoms with E-state index in [0.29, 0.717) is 23.7 Å². The minimum Gasteiger partial charge on any atom is -0.494 e. The molecule has 0 spiro atoms. The van der Waals surface area contributed by atoms with E-state index in [0.717, 1.165) is 18.7 Å². The summed E-state index contributed by atoms with van der Waals surface area (Å²) in [6.45, 7) is 3.28. The highest BCUT2D eigenvalue weighted by Gasteiger charge is 2.21. The average Bonchev–Trinajstić information content (AvgIpc) is 3.01. The number of benzene rings is 2. The number of aryl methyl sites for hydroxylation is 1. The van der Waals surface area contributed by atoms with Crippen LogP contribution in [0.1, 0.15) is 22.5 Å². The summed E-state index contributed by atoms with van der Waals surface area (Å²) in [6, 6.07) is 12.9. The largest absolute Gasteiger partial charge is 0.494 e. The van der Waals surface area contributed by atoms with E-state index in [1.807, 2.05) is 26.2 Å². The molecule has 0 aliphatic heterocycles. The quantitative estimate of drug-likeness (QED) is 0.532. The van der Waals surface area contributed by atoms with Crippen LogP contribution >= 0.6 is 11.6 Å². The highest BCUT2D eigenvalue weighted by atomic mass is 35.5. The number of carbonyl (C=O) groups excluding carboxylic acids is 1. The SMILES string of the molecule is Cc1nn(-c2ccc(F)cc2)c(Cl)c1C(=O)Nc1ccc(OCCCN(C)C)cc1. The van der Waals surface area contributed by atoms with Crippen LogP contribution in [0.15, 0.2) is 48.5 Å². The van der Waals surface area contributed by atoms with Crippen LogP contribution in [0.2, 0.25) is 5.15 Å². The van der Waals surface area contributed by atoms with Crippen LogP contribution in [-0.4, -0.2) is 47.8 Å². The first-order valence-corrected chi connectivity index (χ1v) is 9.93. The summed E-state index contributed by atoms with van der Waals surface area (Å²) in [6.07, 6.45) is 0.932. The molecule has 1 aromatic heterocycles. The first-order chi connectivity index (χ1) is 14.3. The standard InChI is InChI=1S/C22H24ClFN4O2/c1-15-20(21(23)28(26-15)18-9-5-16(24)6-10-18)22(29)25-17-7-11-19(12-8-17)30-14-4-13-27(2)3/h5-12H,4,13-14H2,1-3H3,(H,25,29). The maximum atomic E-state index is 13.2. The summed E-state index contributed by atoms with van der Waals surface area (Å²) in [5, 5.41) is 7.31. The number of carbonyl (C=O) groups is 1. The molecular formula is C22H24ClFN4O2. The number of nitrogens with one attached hydrogen (secondary N) is 1. The maximum absolute atomic E-state index is 13.2. The Morgan fingerprint density at radius 1 is 1.17 bits per heavy atom. The maximum Gasteiger partial charge on any atom is 0.260 e. The van der Waals surface area contributed by atoms with E-state index < -0.39 is 0 Å². The van der Waals surface area contributed by atoms with E-state index >= 15 is 0 Å². The Labute approximate surface area is 180 Å². The van der Waals surface area contributed by atoms with Gasteiger partial charge in [0.15, 0.2) is 0 Å². The first kappa shape index (κ1) is 21.8. The normalized spacial score (nSPS) is 11.0. The molecular weight excluding hydrogens is 407 g/mol. The first-order valence-electron chi connectivity index (χ1n) is 9.55. The molecule has 0 fully saturated rings. The number of hydrogen-bond acceptors (Lipinski definition) is 4. The van der Waals surface area contributed by atoms with Crippen LogP contribution in [0.5, 0.6) is 5.75 Å². The van der Waals surface area contributed by atoms with Crippen molar-refractivity contribution < 1.29 is 13.9 Å². The summed E-state index contributed by atoms with van der Waals surface area (Å²) in [5.74, 6) is 0.0115. The van der Waals surface area contributed by atoms with E-state index in [1.54, 1.807) is 31.2 Å². The number of ether oxygens (including phenoxy) is 1. The van der Waals surface area contributed by atoms with E-state index in [2.05, 4.69) is 15.3 Å². The van der Waals surface area contributed by atoms with Crippen molar-refractivity contribution in [3.8, 4) is 11.4 Å². The second-order valence-corrected chi connectivity index (χ2v) is 7.48. The fourth-order valence-electron chi connectivity index (χ4n) is 2.91. The molecule has 3 rings (SSSR count). The molecule has 2 aromatic carbocycles. The summed E-state index contributed by atoms with van der Waals surface area (Å²) >= 11 is 6.41. The lowest BCUT2D eigenvalue weighted by Crippen LogP contribution is -2.15. The molecule has 0 unspecified atom stereocenters. The van der Waals surface area contributed by atoms with E-state index in [4.69, 9.17) is 16.3 Å². The molecule has 30 heavy (non-hydrogen) atoms. The molecule has 1 N–H and O–H groups in total. The third kappa shape index (κ3) is 5.37. The second kappa shape index (κ2) is 9.73. The number of hydrogen-bond donors (Lipinski definition) is 1. The molecule has 6 nitrogen and oxygen atoms in total. The minimum atomic E-state index is -0.370. The van der Waals surface area contributed by atoms with E-state index in [9.17, 15) is 9.18 Å². The summed E-state index contributed by atoms with van der Waals surface area (Å²) < 4.78 is 20.3. The molecule has 0 aliphatic carbocycles. The minimum absolute atomic E-state index is 0.164. The smallest absolute Gasteiger partial charge is 0.260 e. The fourth-order valence-corrected chi connectivity index (χ4v) is 3.27. The van der Waals surface area contributed by atoms with Gasteiger partial charge in [0, 0.05) is 12.2 Å². The number of aromatic nitrogens is 2. The fraction of sp³-hybridized carbons (Fsp3) is 0.273. The third-order valence-corrected chi connectivity index (χ3v) is 4.78. The van der Waals surface area contributed by atoms with Gasteiger partial charge in [-0.2, -0.15) is 5.10 Å². The average molecular weight is 431 g/mol. The molecule has 158 valence electrons. The molecule has 0 bridgehead atoms. The number of amides is 1. The van der Waals surface area contributed by atoms with Gasteiger partial charge in [-0.3, -0.25) is 4.79 Å². The van der Waals surface area contributed by atoms with Gasteiger partial charge in [0.1, 0.15) is 22.3 Å². The lowest BCUT2D eigenvalue weighted by molar-refractivity contribution is 0.102. The number of rotatable bonds is 8. The van der Waals surface area contributed by atoms with Crippen LogP contribution in [-0.2, 0) is 0 Å². The highest BCUT2D eigenvalue weighted by molar-refractivity contribution is 6.34. The molecule has 1 heterocycles. The van der Waals surface area contributed by atoms with Crippen LogP contribution in [0.4, 0.5) is 10.1 Å². The lowest BCUT2D eigenvalue weighted by Gasteiger charge is -2.11. The summed E-state index contributed by atoms with van der Waals surface area (Å²) in [7, 11) is 4.05. The predicted molar refractivity (Wildman–Crippen MR) is 116 cm³/mol. The van der Waals surface area contributed by atoms with Gasteiger partial charge in [-0.25, -0.2) is 9.07 Å². The Hall–Kier alpha value is -2.90. The summed E-state index contributed by atoms with van der Waals surface area (Å²) in [4.78, 5) is 14.9. The van der Waals surface area contributed by atoms with Crippen LogP contribution < -0.4 is 10.1 Å². The monoisotopic (exact) mass is 430 g/mol. The molecule has 0 aliphatic rings. The molecule has 1 amide bonds. The summed E-state index contributed by atoms with van der Waals surface area (Å²) in [5.41, 5.74) is 1.93. The Morgan fingerprint density at radius 2 is 1.83 bits per heavy atom. The molecule has 0 saturated heterocycles. The van der Waals surface area contributed by atoms with Gasteiger partial charge in [-0.05, 0) is 76.0 Å².